The SMILES string of the molecule is CCN(CC)CCN(C(=O)Cc1ccccc1Cl)c1nc2ccc(Br)cc2s1.Cl. The first-order valence-corrected chi connectivity index (χ1v) is 11.3. The Morgan fingerprint density at radius 2 is 1.86 bits per heavy atom. The molecule has 3 aromatic rings. The van der Waals surface area contributed by atoms with Crippen LogP contribution in [0.4, 0.5) is 5.13 Å². The molecule has 2 aromatic carbocycles. The molecular weight excluding hydrogens is 493 g/mol. The van der Waals surface area contributed by atoms with Crippen LogP contribution in [0.5, 0.6) is 0 Å². The number of carbonyl (C=O) groups is 1. The Labute approximate surface area is 195 Å². The summed E-state index contributed by atoms with van der Waals surface area (Å²) in [6.07, 6.45) is 0.261. The van der Waals surface area contributed by atoms with E-state index in [2.05, 4.69) is 34.7 Å². The van der Waals surface area contributed by atoms with Crippen LogP contribution in [0.2, 0.25) is 5.02 Å². The molecule has 156 valence electrons. The number of rotatable bonds is 8. The van der Waals surface area contributed by atoms with Crippen LogP contribution in [0.25, 0.3) is 10.2 Å². The van der Waals surface area contributed by atoms with Gasteiger partial charge in [-0.15, -0.1) is 12.4 Å². The first kappa shape index (κ1) is 24.1. The highest BCUT2D eigenvalue weighted by molar-refractivity contribution is 9.10. The van der Waals surface area contributed by atoms with Gasteiger partial charge in [0.2, 0.25) is 5.91 Å². The summed E-state index contributed by atoms with van der Waals surface area (Å²) in [5.41, 5.74) is 1.74. The third-order valence-corrected chi connectivity index (χ3v) is 6.61. The summed E-state index contributed by atoms with van der Waals surface area (Å²) in [4.78, 5) is 22.0. The van der Waals surface area contributed by atoms with Crippen molar-refractivity contribution in [2.45, 2.75) is 20.3 Å². The standard InChI is InChI=1S/C21H23BrClN3OS.ClH/c1-3-25(4-2)11-12-26(20(27)13-15-7-5-6-8-17(15)23)21-24-18-10-9-16(22)14-19(18)28-21;/h5-10,14H,3-4,11-13H2,1-2H3;1H. The minimum absolute atomic E-state index is 0. The Morgan fingerprint density at radius 1 is 1.14 bits per heavy atom. The number of halogens is 3. The quantitative estimate of drug-likeness (QED) is 0.365. The predicted octanol–water partition coefficient (Wildman–Crippen LogP) is 6.05. The lowest BCUT2D eigenvalue weighted by Crippen LogP contribution is -2.39. The maximum Gasteiger partial charge on any atom is 0.233 e. The van der Waals surface area contributed by atoms with Gasteiger partial charge in [0.15, 0.2) is 5.13 Å². The maximum absolute atomic E-state index is 13.2. The fraction of sp³-hybridized carbons (Fsp3) is 0.333. The zero-order valence-electron chi connectivity index (χ0n) is 16.4. The highest BCUT2D eigenvalue weighted by atomic mass is 79.9. The molecule has 0 aliphatic carbocycles. The molecular formula is C21H24BrCl2N3OS. The van der Waals surface area contributed by atoms with Crippen LogP contribution in [0, 0.1) is 0 Å². The molecule has 8 heteroatoms. The minimum Gasteiger partial charge on any atom is -0.302 e. The smallest absolute Gasteiger partial charge is 0.233 e. The van der Waals surface area contributed by atoms with Crippen molar-refractivity contribution in [3.8, 4) is 0 Å². The van der Waals surface area contributed by atoms with Crippen molar-refractivity contribution in [3.63, 3.8) is 0 Å². The van der Waals surface area contributed by atoms with Gasteiger partial charge in [0.05, 0.1) is 16.6 Å². The molecule has 0 unspecified atom stereocenters. The Hall–Kier alpha value is -1.18. The number of nitrogens with zero attached hydrogens (tertiary/aromatic N) is 3. The Bertz CT molecular complexity index is 962. The van der Waals surface area contributed by atoms with E-state index in [1.165, 1.54) is 0 Å². The van der Waals surface area contributed by atoms with Crippen molar-refractivity contribution < 1.29 is 4.79 Å². The molecule has 0 atom stereocenters. The van der Waals surface area contributed by atoms with Crippen LogP contribution >= 0.6 is 51.3 Å². The fourth-order valence-electron chi connectivity index (χ4n) is 3.01. The molecule has 4 nitrogen and oxygen atoms in total. The second kappa shape index (κ2) is 11.3. The highest BCUT2D eigenvalue weighted by Gasteiger charge is 2.21. The van der Waals surface area contributed by atoms with Crippen LogP contribution in [-0.2, 0) is 11.2 Å². The van der Waals surface area contributed by atoms with E-state index in [0.717, 1.165) is 45.0 Å². The number of fused-ring (bicyclic) bond motifs is 1. The van der Waals surface area contributed by atoms with E-state index in [-0.39, 0.29) is 24.7 Å². The molecule has 29 heavy (non-hydrogen) atoms. The largest absolute Gasteiger partial charge is 0.302 e. The van der Waals surface area contributed by atoms with Crippen LogP contribution in [-0.4, -0.2) is 42.0 Å². The van der Waals surface area contributed by atoms with Gasteiger partial charge in [0.25, 0.3) is 0 Å². The predicted molar refractivity (Wildman–Crippen MR) is 130 cm³/mol. The minimum atomic E-state index is 0. The fourth-order valence-corrected chi connectivity index (χ4v) is 4.77. The molecule has 3 rings (SSSR count). The van der Waals surface area contributed by atoms with E-state index in [9.17, 15) is 4.79 Å². The van der Waals surface area contributed by atoms with Crippen molar-refractivity contribution in [1.82, 2.24) is 9.88 Å². The number of hydrogen-bond acceptors (Lipinski definition) is 4. The van der Waals surface area contributed by atoms with E-state index < -0.39 is 0 Å². The van der Waals surface area contributed by atoms with E-state index in [4.69, 9.17) is 16.6 Å². The molecule has 1 aromatic heterocycles. The van der Waals surface area contributed by atoms with Gasteiger partial charge in [0.1, 0.15) is 0 Å². The summed E-state index contributed by atoms with van der Waals surface area (Å²) >= 11 is 11.3. The molecule has 0 fully saturated rings. The summed E-state index contributed by atoms with van der Waals surface area (Å²) < 4.78 is 2.06. The molecule has 1 amide bonds. The number of thiazole rings is 1. The van der Waals surface area contributed by atoms with Gasteiger partial charge in [-0.05, 0) is 42.9 Å². The number of carbonyl (C=O) groups excluding carboxylic acids is 1. The molecule has 0 N–H and O–H groups in total. The molecule has 1 heterocycles. The molecule has 0 saturated heterocycles. The molecule has 0 spiro atoms. The number of anilines is 1. The van der Waals surface area contributed by atoms with Crippen LogP contribution in [0.3, 0.4) is 0 Å². The Balaban J connectivity index is 0.00000300. The summed E-state index contributed by atoms with van der Waals surface area (Å²) in [5, 5.41) is 1.35. The number of hydrogen-bond donors (Lipinski definition) is 0. The van der Waals surface area contributed by atoms with Crippen molar-refractivity contribution in [2.75, 3.05) is 31.1 Å². The number of aromatic nitrogens is 1. The topological polar surface area (TPSA) is 36.4 Å². The highest BCUT2D eigenvalue weighted by Crippen LogP contribution is 2.31. The third-order valence-electron chi connectivity index (χ3n) is 4.70. The van der Waals surface area contributed by atoms with E-state index in [1.54, 1.807) is 16.2 Å². The number of amides is 1. The van der Waals surface area contributed by atoms with Crippen LogP contribution in [0.1, 0.15) is 19.4 Å². The van der Waals surface area contributed by atoms with Crippen molar-refractivity contribution in [3.05, 3.63) is 57.5 Å². The van der Waals surface area contributed by atoms with E-state index in [1.807, 2.05) is 42.5 Å². The average molecular weight is 517 g/mol. The normalized spacial score (nSPS) is 10.9. The molecule has 0 aliphatic rings. The Morgan fingerprint density at radius 3 is 2.55 bits per heavy atom. The maximum atomic E-state index is 13.2. The number of benzene rings is 2. The van der Waals surface area contributed by atoms with Gasteiger partial charge in [0, 0.05) is 22.6 Å². The van der Waals surface area contributed by atoms with Gasteiger partial charge in [-0.1, -0.05) is 70.9 Å². The van der Waals surface area contributed by atoms with Gasteiger partial charge < -0.3 is 4.90 Å². The lowest BCUT2D eigenvalue weighted by atomic mass is 10.1. The van der Waals surface area contributed by atoms with Crippen molar-refractivity contribution in [2.24, 2.45) is 0 Å². The molecule has 0 radical (unpaired) electrons. The van der Waals surface area contributed by atoms with Crippen molar-refractivity contribution >= 4 is 72.5 Å². The lowest BCUT2D eigenvalue weighted by Gasteiger charge is -2.25. The average Bonchev–Trinajstić information content (AvgIpc) is 3.09. The van der Waals surface area contributed by atoms with Crippen molar-refractivity contribution in [1.29, 1.82) is 0 Å². The van der Waals surface area contributed by atoms with Gasteiger partial charge in [-0.3, -0.25) is 9.69 Å². The van der Waals surface area contributed by atoms with Crippen LogP contribution in [0.15, 0.2) is 46.9 Å². The first-order valence-electron chi connectivity index (χ1n) is 9.34. The first-order chi connectivity index (χ1) is 13.5. The summed E-state index contributed by atoms with van der Waals surface area (Å²) in [5.74, 6) is 0.0124. The summed E-state index contributed by atoms with van der Waals surface area (Å²) in [7, 11) is 0. The van der Waals surface area contributed by atoms with Gasteiger partial charge in [-0.25, -0.2) is 4.98 Å². The number of likely N-dealkylation sites (N-methyl/N-ethyl adjacent to an activating group) is 1. The van der Waals surface area contributed by atoms with E-state index in [0.29, 0.717) is 11.6 Å². The zero-order chi connectivity index (χ0) is 20.1. The molecule has 0 aliphatic heterocycles. The van der Waals surface area contributed by atoms with Crippen LogP contribution < -0.4 is 4.90 Å². The zero-order valence-corrected chi connectivity index (χ0v) is 20.4. The molecule has 0 bridgehead atoms. The monoisotopic (exact) mass is 515 g/mol. The van der Waals surface area contributed by atoms with Gasteiger partial charge >= 0.3 is 0 Å². The Kier molecular flexibility index (Phi) is 9.37. The second-order valence-electron chi connectivity index (χ2n) is 6.45. The molecule has 0 saturated carbocycles. The van der Waals surface area contributed by atoms with E-state index >= 15 is 0 Å². The summed E-state index contributed by atoms with van der Waals surface area (Å²) in [6.45, 7) is 7.59. The third kappa shape index (κ3) is 6.15. The second-order valence-corrected chi connectivity index (χ2v) is 8.78. The van der Waals surface area contributed by atoms with Gasteiger partial charge in [-0.2, -0.15) is 0 Å². The lowest BCUT2D eigenvalue weighted by molar-refractivity contribution is -0.118. The summed E-state index contributed by atoms with van der Waals surface area (Å²) in [6, 6.07) is 13.5.